The number of aryl methyl sites for hydroxylation is 1. The average Bonchev–Trinajstić information content (AvgIpc) is 2.41. The third kappa shape index (κ3) is 3.02. The van der Waals surface area contributed by atoms with Gasteiger partial charge in [0.1, 0.15) is 11.5 Å². The van der Waals surface area contributed by atoms with Gasteiger partial charge in [-0.1, -0.05) is 46.3 Å². The van der Waals surface area contributed by atoms with E-state index in [2.05, 4.69) is 22.9 Å². The molecule has 2 heteroatoms. The van der Waals surface area contributed by atoms with Crippen molar-refractivity contribution >= 4 is 21.7 Å². The van der Waals surface area contributed by atoms with Gasteiger partial charge in [0.25, 0.3) is 0 Å². The lowest BCUT2D eigenvalue weighted by Crippen LogP contribution is -1.94. The van der Waals surface area contributed by atoms with Crippen LogP contribution >= 0.6 is 15.9 Å². The molecule has 0 unspecified atom stereocenters. The number of rotatable bonds is 3. The van der Waals surface area contributed by atoms with Gasteiger partial charge < -0.3 is 4.74 Å². The summed E-state index contributed by atoms with van der Waals surface area (Å²) in [5.41, 5.74) is 2.25. The molecule has 18 heavy (non-hydrogen) atoms. The first-order valence-electron chi connectivity index (χ1n) is 5.86. The zero-order valence-electron chi connectivity index (χ0n) is 10.5. The van der Waals surface area contributed by atoms with E-state index in [4.69, 9.17) is 4.74 Å². The van der Waals surface area contributed by atoms with Crippen molar-refractivity contribution in [2.45, 2.75) is 13.8 Å². The lowest BCUT2D eigenvalue weighted by molar-refractivity contribution is 0.513. The minimum atomic E-state index is 0.854. The van der Waals surface area contributed by atoms with Gasteiger partial charge in [0, 0.05) is 10.0 Å². The van der Waals surface area contributed by atoms with E-state index in [9.17, 15) is 0 Å². The normalized spacial score (nSPS) is 11.4. The van der Waals surface area contributed by atoms with Gasteiger partial charge in [-0.2, -0.15) is 0 Å². The van der Waals surface area contributed by atoms with Crippen LogP contribution in [0.15, 0.2) is 59.1 Å². The Morgan fingerprint density at radius 1 is 1.11 bits per heavy atom. The summed E-state index contributed by atoms with van der Waals surface area (Å²) >= 11 is 3.49. The molecule has 0 atom stereocenters. The standard InChI is InChI=1S/C16H15BrO/c1-3-16(13-7-5-4-6-8-13)18-14-9-10-15(17)12(2)11-14/h3-11H,1-2H3. The van der Waals surface area contributed by atoms with E-state index in [0.29, 0.717) is 0 Å². The molecule has 0 aliphatic heterocycles. The fourth-order valence-corrected chi connectivity index (χ4v) is 1.94. The highest BCUT2D eigenvalue weighted by Gasteiger charge is 2.04. The molecule has 0 amide bonds. The molecule has 2 aromatic rings. The molecule has 0 aliphatic carbocycles. The quantitative estimate of drug-likeness (QED) is 0.708. The Kier molecular flexibility index (Phi) is 4.21. The summed E-state index contributed by atoms with van der Waals surface area (Å²) in [6, 6.07) is 16.1. The summed E-state index contributed by atoms with van der Waals surface area (Å²) < 4.78 is 7.02. The van der Waals surface area contributed by atoms with Gasteiger partial charge in [-0.15, -0.1) is 0 Å². The van der Waals surface area contributed by atoms with Crippen LogP contribution in [0.4, 0.5) is 0 Å². The molecule has 2 rings (SSSR count). The van der Waals surface area contributed by atoms with Crippen LogP contribution in [0.3, 0.4) is 0 Å². The Morgan fingerprint density at radius 2 is 1.83 bits per heavy atom. The number of benzene rings is 2. The lowest BCUT2D eigenvalue weighted by atomic mass is 10.2. The summed E-state index contributed by atoms with van der Waals surface area (Å²) in [6.07, 6.45) is 1.98. The number of ether oxygens (including phenoxy) is 1. The molecule has 1 nitrogen and oxygen atoms in total. The third-order valence-electron chi connectivity index (χ3n) is 2.68. The van der Waals surface area contributed by atoms with Crippen molar-refractivity contribution in [1.29, 1.82) is 0 Å². The summed E-state index contributed by atoms with van der Waals surface area (Å²) in [7, 11) is 0. The topological polar surface area (TPSA) is 9.23 Å². The van der Waals surface area contributed by atoms with Crippen molar-refractivity contribution < 1.29 is 4.74 Å². The highest BCUT2D eigenvalue weighted by atomic mass is 79.9. The molecule has 0 saturated heterocycles. The zero-order chi connectivity index (χ0) is 13.0. The molecule has 0 radical (unpaired) electrons. The van der Waals surface area contributed by atoms with Crippen molar-refractivity contribution in [3.05, 3.63) is 70.2 Å². The second-order valence-electron chi connectivity index (χ2n) is 4.03. The van der Waals surface area contributed by atoms with E-state index in [1.54, 1.807) is 0 Å². The Hall–Kier alpha value is -1.54. The molecule has 0 aliphatic rings. The lowest BCUT2D eigenvalue weighted by Gasteiger charge is -2.11. The van der Waals surface area contributed by atoms with Crippen LogP contribution in [0.25, 0.3) is 5.76 Å². The van der Waals surface area contributed by atoms with Gasteiger partial charge in [-0.05, 0) is 43.7 Å². The molecule has 0 spiro atoms. The number of halogens is 1. The summed E-state index contributed by atoms with van der Waals surface area (Å²) in [4.78, 5) is 0. The fourth-order valence-electron chi connectivity index (χ4n) is 1.69. The summed E-state index contributed by atoms with van der Waals surface area (Å²) in [6.45, 7) is 4.03. The zero-order valence-corrected chi connectivity index (χ0v) is 12.1. The number of hydrogen-bond acceptors (Lipinski definition) is 1. The molecule has 0 bridgehead atoms. The maximum Gasteiger partial charge on any atom is 0.130 e. The summed E-state index contributed by atoms with van der Waals surface area (Å²) in [5.74, 6) is 1.73. The van der Waals surface area contributed by atoms with Crippen LogP contribution in [0.2, 0.25) is 0 Å². The highest BCUT2D eigenvalue weighted by Crippen LogP contribution is 2.25. The first-order chi connectivity index (χ1) is 8.70. The molecule has 2 aromatic carbocycles. The van der Waals surface area contributed by atoms with E-state index < -0.39 is 0 Å². The molecule has 92 valence electrons. The van der Waals surface area contributed by atoms with E-state index in [0.717, 1.165) is 27.1 Å². The molecular weight excluding hydrogens is 288 g/mol. The van der Waals surface area contributed by atoms with Gasteiger partial charge in [0.15, 0.2) is 0 Å². The monoisotopic (exact) mass is 302 g/mol. The first-order valence-corrected chi connectivity index (χ1v) is 6.65. The Balaban J connectivity index is 2.24. The Bertz CT molecular complexity index is 559. The Labute approximate surface area is 116 Å². The molecule has 0 heterocycles. The predicted octanol–water partition coefficient (Wildman–Crippen LogP) is 5.20. The molecule has 0 N–H and O–H groups in total. The van der Waals surface area contributed by atoms with Crippen molar-refractivity contribution in [2.75, 3.05) is 0 Å². The van der Waals surface area contributed by atoms with Crippen molar-refractivity contribution in [2.24, 2.45) is 0 Å². The molecular formula is C16H15BrO. The number of allylic oxidation sites excluding steroid dienone is 1. The van der Waals surface area contributed by atoms with Gasteiger partial charge >= 0.3 is 0 Å². The fraction of sp³-hybridized carbons (Fsp3) is 0.125. The van der Waals surface area contributed by atoms with Gasteiger partial charge in [0.05, 0.1) is 0 Å². The average molecular weight is 303 g/mol. The van der Waals surface area contributed by atoms with Crippen molar-refractivity contribution in [1.82, 2.24) is 0 Å². The maximum absolute atomic E-state index is 5.93. The first kappa shape index (κ1) is 12.9. The van der Waals surface area contributed by atoms with E-state index in [-0.39, 0.29) is 0 Å². The minimum absolute atomic E-state index is 0.854. The Morgan fingerprint density at radius 3 is 2.44 bits per heavy atom. The van der Waals surface area contributed by atoms with Crippen LogP contribution in [0.1, 0.15) is 18.1 Å². The van der Waals surface area contributed by atoms with E-state index in [1.165, 1.54) is 0 Å². The van der Waals surface area contributed by atoms with E-state index >= 15 is 0 Å². The van der Waals surface area contributed by atoms with Crippen LogP contribution < -0.4 is 4.74 Å². The van der Waals surface area contributed by atoms with Crippen LogP contribution in [-0.2, 0) is 0 Å². The smallest absolute Gasteiger partial charge is 0.130 e. The molecule has 0 saturated carbocycles. The maximum atomic E-state index is 5.93. The highest BCUT2D eigenvalue weighted by molar-refractivity contribution is 9.10. The van der Waals surface area contributed by atoms with E-state index in [1.807, 2.05) is 61.5 Å². The predicted molar refractivity (Wildman–Crippen MR) is 79.6 cm³/mol. The van der Waals surface area contributed by atoms with Crippen molar-refractivity contribution in [3.8, 4) is 5.75 Å². The van der Waals surface area contributed by atoms with Gasteiger partial charge in [-0.3, -0.25) is 0 Å². The van der Waals surface area contributed by atoms with Crippen LogP contribution in [0.5, 0.6) is 5.75 Å². The number of hydrogen-bond donors (Lipinski definition) is 0. The second-order valence-corrected chi connectivity index (χ2v) is 4.89. The molecule has 0 fully saturated rings. The SMILES string of the molecule is CC=C(Oc1ccc(Br)c(C)c1)c1ccccc1. The van der Waals surface area contributed by atoms with Crippen LogP contribution in [0, 0.1) is 6.92 Å². The minimum Gasteiger partial charge on any atom is -0.457 e. The largest absolute Gasteiger partial charge is 0.457 e. The van der Waals surface area contributed by atoms with Gasteiger partial charge in [-0.25, -0.2) is 0 Å². The molecule has 0 aromatic heterocycles. The van der Waals surface area contributed by atoms with Crippen LogP contribution in [-0.4, -0.2) is 0 Å². The summed E-state index contributed by atoms with van der Waals surface area (Å²) in [5, 5.41) is 0. The van der Waals surface area contributed by atoms with Crippen molar-refractivity contribution in [3.63, 3.8) is 0 Å². The van der Waals surface area contributed by atoms with Gasteiger partial charge in [0.2, 0.25) is 0 Å². The third-order valence-corrected chi connectivity index (χ3v) is 3.57. The second kappa shape index (κ2) is 5.87.